The highest BCUT2D eigenvalue weighted by Gasteiger charge is 2.24. The van der Waals surface area contributed by atoms with Gasteiger partial charge < -0.3 is 9.88 Å². The summed E-state index contributed by atoms with van der Waals surface area (Å²) in [6.07, 6.45) is 1.48. The lowest BCUT2D eigenvalue weighted by Crippen LogP contribution is -2.51. The largest absolute Gasteiger partial charge is 0.336 e. The van der Waals surface area contributed by atoms with E-state index in [1.54, 1.807) is 11.0 Å². The normalized spacial score (nSPS) is 17.8. The molecule has 1 aliphatic heterocycles. The van der Waals surface area contributed by atoms with Crippen LogP contribution in [-0.4, -0.2) is 52.9 Å². The summed E-state index contributed by atoms with van der Waals surface area (Å²) >= 11 is 0. The number of nitrogens with zero attached hydrogens (tertiary/aromatic N) is 3. The van der Waals surface area contributed by atoms with Gasteiger partial charge in [-0.05, 0) is 13.0 Å². The second kappa shape index (κ2) is 5.67. The van der Waals surface area contributed by atoms with Gasteiger partial charge in [-0.25, -0.2) is 0 Å². The summed E-state index contributed by atoms with van der Waals surface area (Å²) in [7, 11) is 0. The van der Waals surface area contributed by atoms with Crippen molar-refractivity contribution in [1.82, 2.24) is 14.8 Å². The van der Waals surface area contributed by atoms with Gasteiger partial charge in [-0.1, -0.05) is 0 Å². The van der Waals surface area contributed by atoms with Crippen LogP contribution in [0, 0.1) is 11.3 Å². The third-order valence-corrected chi connectivity index (χ3v) is 3.36. The zero-order valence-electron chi connectivity index (χ0n) is 10.8. The van der Waals surface area contributed by atoms with Crippen molar-refractivity contribution in [3.63, 3.8) is 0 Å². The van der Waals surface area contributed by atoms with Crippen LogP contribution in [0.3, 0.4) is 0 Å². The number of hydrogen-bond acceptors (Lipinski definition) is 4. The number of nitriles is 1. The molecule has 6 nitrogen and oxygen atoms in total. The van der Waals surface area contributed by atoms with Crippen molar-refractivity contribution in [2.75, 3.05) is 26.2 Å². The van der Waals surface area contributed by atoms with E-state index in [0.717, 1.165) is 0 Å². The number of piperazine rings is 1. The van der Waals surface area contributed by atoms with Gasteiger partial charge in [-0.3, -0.25) is 14.5 Å². The van der Waals surface area contributed by atoms with Gasteiger partial charge in [0.05, 0.1) is 12.1 Å². The molecular weight excluding hydrogens is 244 g/mol. The lowest BCUT2D eigenvalue weighted by atomic mass is 10.2. The molecule has 1 saturated heterocycles. The van der Waals surface area contributed by atoms with Crippen LogP contribution in [0.1, 0.15) is 17.3 Å². The summed E-state index contributed by atoms with van der Waals surface area (Å²) in [6, 6.07) is 4.98. The van der Waals surface area contributed by atoms with Gasteiger partial charge in [0.1, 0.15) is 0 Å². The molecule has 1 N–H and O–H groups in total. The van der Waals surface area contributed by atoms with Crippen LogP contribution in [-0.2, 0) is 0 Å². The Bertz CT molecular complexity index is 552. The number of amides is 1. The molecule has 6 heteroatoms. The van der Waals surface area contributed by atoms with Gasteiger partial charge in [0.2, 0.25) is 5.56 Å². The van der Waals surface area contributed by atoms with E-state index in [4.69, 9.17) is 5.26 Å². The van der Waals surface area contributed by atoms with Gasteiger partial charge in [0.15, 0.2) is 0 Å². The molecule has 1 unspecified atom stereocenters. The summed E-state index contributed by atoms with van der Waals surface area (Å²) in [6.45, 7) is 4.39. The van der Waals surface area contributed by atoms with E-state index in [-0.39, 0.29) is 17.5 Å². The molecule has 1 atom stereocenters. The second-order valence-corrected chi connectivity index (χ2v) is 4.57. The molecule has 2 rings (SSSR count). The molecule has 0 spiro atoms. The number of aromatic amines is 1. The molecule has 1 aromatic heterocycles. The first-order valence-corrected chi connectivity index (χ1v) is 6.23. The zero-order valence-corrected chi connectivity index (χ0v) is 10.8. The number of H-pyrrole nitrogens is 1. The summed E-state index contributed by atoms with van der Waals surface area (Å²) in [5.41, 5.74) is 0.133. The fourth-order valence-electron chi connectivity index (χ4n) is 2.15. The Kier molecular flexibility index (Phi) is 3.97. The Balaban J connectivity index is 2.00. The van der Waals surface area contributed by atoms with E-state index >= 15 is 0 Å². The van der Waals surface area contributed by atoms with Gasteiger partial charge in [0, 0.05) is 44.0 Å². The molecule has 0 aromatic carbocycles. The highest BCUT2D eigenvalue weighted by atomic mass is 16.2. The molecule has 0 radical (unpaired) electrons. The molecule has 2 heterocycles. The number of carbonyl (C=O) groups is 1. The lowest BCUT2D eigenvalue weighted by Gasteiger charge is -2.35. The van der Waals surface area contributed by atoms with Crippen LogP contribution >= 0.6 is 0 Å². The van der Waals surface area contributed by atoms with Crippen molar-refractivity contribution >= 4 is 5.91 Å². The third kappa shape index (κ3) is 3.01. The quantitative estimate of drug-likeness (QED) is 0.814. The number of hydrogen-bond donors (Lipinski definition) is 1. The van der Waals surface area contributed by atoms with E-state index in [1.165, 1.54) is 12.3 Å². The van der Waals surface area contributed by atoms with Crippen molar-refractivity contribution in [1.29, 1.82) is 5.26 Å². The lowest BCUT2D eigenvalue weighted by molar-refractivity contribution is 0.0615. The first kappa shape index (κ1) is 13.3. The number of rotatable bonds is 2. The molecule has 1 fully saturated rings. The SMILES string of the molecule is CC(C#N)N1CCN(C(=O)c2cc[nH]c(=O)c2)CC1. The average Bonchev–Trinajstić information content (AvgIpc) is 2.46. The van der Waals surface area contributed by atoms with Crippen LogP contribution in [0.25, 0.3) is 0 Å². The number of aromatic nitrogens is 1. The maximum Gasteiger partial charge on any atom is 0.254 e. The van der Waals surface area contributed by atoms with Crippen LogP contribution in [0.5, 0.6) is 0 Å². The van der Waals surface area contributed by atoms with Gasteiger partial charge in [0.25, 0.3) is 5.91 Å². The predicted molar refractivity (Wildman–Crippen MR) is 69.6 cm³/mol. The van der Waals surface area contributed by atoms with Crippen LogP contribution in [0.4, 0.5) is 0 Å². The summed E-state index contributed by atoms with van der Waals surface area (Å²) in [5.74, 6) is -0.129. The second-order valence-electron chi connectivity index (χ2n) is 4.57. The first-order chi connectivity index (χ1) is 9.11. The molecule has 0 bridgehead atoms. The monoisotopic (exact) mass is 260 g/mol. The molecule has 1 amide bonds. The van der Waals surface area contributed by atoms with E-state index < -0.39 is 0 Å². The van der Waals surface area contributed by atoms with Crippen LogP contribution in [0.15, 0.2) is 23.1 Å². The van der Waals surface area contributed by atoms with Gasteiger partial charge >= 0.3 is 0 Å². The third-order valence-electron chi connectivity index (χ3n) is 3.36. The molecule has 1 aliphatic rings. The molecule has 100 valence electrons. The van der Waals surface area contributed by atoms with Crippen molar-refractivity contribution < 1.29 is 4.79 Å². The Morgan fingerprint density at radius 3 is 2.68 bits per heavy atom. The van der Waals surface area contributed by atoms with Gasteiger partial charge in [-0.2, -0.15) is 5.26 Å². The Morgan fingerprint density at radius 2 is 2.11 bits per heavy atom. The summed E-state index contributed by atoms with van der Waals surface area (Å²) < 4.78 is 0. The Morgan fingerprint density at radius 1 is 1.42 bits per heavy atom. The predicted octanol–water partition coefficient (Wildman–Crippen LogP) is 0.0448. The number of pyridine rings is 1. The highest BCUT2D eigenvalue weighted by Crippen LogP contribution is 2.09. The standard InChI is InChI=1S/C13H16N4O2/c1-10(9-14)16-4-6-17(7-5-16)13(19)11-2-3-15-12(18)8-11/h2-3,8,10H,4-7H2,1H3,(H,15,18). The smallest absolute Gasteiger partial charge is 0.254 e. The highest BCUT2D eigenvalue weighted by molar-refractivity contribution is 5.94. The van der Waals surface area contributed by atoms with Crippen molar-refractivity contribution in [2.24, 2.45) is 0 Å². The molecule has 1 aromatic rings. The fourth-order valence-corrected chi connectivity index (χ4v) is 2.15. The first-order valence-electron chi connectivity index (χ1n) is 6.23. The zero-order chi connectivity index (χ0) is 13.8. The van der Waals surface area contributed by atoms with E-state index in [9.17, 15) is 9.59 Å². The maximum absolute atomic E-state index is 12.2. The fraction of sp³-hybridized carbons (Fsp3) is 0.462. The minimum Gasteiger partial charge on any atom is -0.336 e. The molecule has 19 heavy (non-hydrogen) atoms. The maximum atomic E-state index is 12.2. The molecular formula is C13H16N4O2. The Labute approximate surface area is 111 Å². The Hall–Kier alpha value is -2.13. The van der Waals surface area contributed by atoms with Crippen molar-refractivity contribution in [3.05, 3.63) is 34.2 Å². The average molecular weight is 260 g/mol. The number of nitrogens with one attached hydrogen (secondary N) is 1. The molecule has 0 aliphatic carbocycles. The topological polar surface area (TPSA) is 80.2 Å². The summed E-state index contributed by atoms with van der Waals surface area (Å²) in [4.78, 5) is 29.6. The van der Waals surface area contributed by atoms with Gasteiger partial charge in [-0.15, -0.1) is 0 Å². The van der Waals surface area contributed by atoms with Crippen LogP contribution < -0.4 is 5.56 Å². The van der Waals surface area contributed by atoms with Crippen molar-refractivity contribution in [3.8, 4) is 6.07 Å². The van der Waals surface area contributed by atoms with Crippen LogP contribution in [0.2, 0.25) is 0 Å². The molecule has 0 saturated carbocycles. The van der Waals surface area contributed by atoms with E-state index in [0.29, 0.717) is 31.7 Å². The summed E-state index contributed by atoms with van der Waals surface area (Å²) in [5, 5.41) is 8.86. The van der Waals surface area contributed by atoms with E-state index in [2.05, 4.69) is 11.1 Å². The minimum atomic E-state index is -0.275. The van der Waals surface area contributed by atoms with E-state index in [1.807, 2.05) is 11.8 Å². The number of carbonyl (C=O) groups excluding carboxylic acids is 1. The minimum absolute atomic E-state index is 0.128. The van der Waals surface area contributed by atoms with Crippen molar-refractivity contribution in [2.45, 2.75) is 13.0 Å².